The molecule has 3 amide bonds. The fraction of sp³-hybridized carbons (Fsp3) is 0.143. The minimum Gasteiger partial charge on any atom is -0.497 e. The Morgan fingerprint density at radius 2 is 1.86 bits per heavy atom. The van der Waals surface area contributed by atoms with E-state index in [-0.39, 0.29) is 5.91 Å². The number of nitrogens with one attached hydrogen (secondary N) is 1. The summed E-state index contributed by atoms with van der Waals surface area (Å²) in [4.78, 5) is 36.5. The van der Waals surface area contributed by atoms with E-state index in [4.69, 9.17) is 4.74 Å². The number of carbonyl (C=O) groups excluding carboxylic acids is 3. The maximum Gasteiger partial charge on any atom is 0.283 e. The number of rotatable bonds is 4. The zero-order valence-electron chi connectivity index (χ0n) is 15.7. The van der Waals surface area contributed by atoms with Crippen molar-refractivity contribution < 1.29 is 19.1 Å². The number of ether oxygens (including phenoxy) is 1. The average molecular weight is 377 g/mol. The molecule has 0 fully saturated rings. The highest BCUT2D eigenvalue weighted by atomic mass is 16.5. The molecule has 142 valence electrons. The first-order valence-electron chi connectivity index (χ1n) is 8.57. The fourth-order valence-electron chi connectivity index (χ4n) is 2.74. The van der Waals surface area contributed by atoms with E-state index in [0.29, 0.717) is 28.3 Å². The minimum atomic E-state index is -0.534. The molecule has 0 aromatic heterocycles. The Kier molecular flexibility index (Phi) is 5.35. The lowest BCUT2D eigenvalue weighted by molar-refractivity contribution is -0.123. The number of methoxy groups -OCH3 is 1. The zero-order valence-corrected chi connectivity index (χ0v) is 15.7. The van der Waals surface area contributed by atoms with Crippen LogP contribution in [-0.2, 0) is 9.59 Å². The van der Waals surface area contributed by atoms with E-state index < -0.39 is 11.8 Å². The number of hydrogen-bond acceptors (Lipinski definition) is 5. The first-order chi connectivity index (χ1) is 13.4. The Labute approximate surface area is 162 Å². The van der Waals surface area contributed by atoms with Crippen molar-refractivity contribution in [2.45, 2.75) is 13.8 Å². The third-order valence-corrected chi connectivity index (χ3v) is 4.11. The summed E-state index contributed by atoms with van der Waals surface area (Å²) >= 11 is 0. The van der Waals surface area contributed by atoms with Crippen LogP contribution < -0.4 is 10.1 Å². The molecule has 2 aromatic rings. The van der Waals surface area contributed by atoms with Crippen LogP contribution in [-0.4, -0.2) is 35.6 Å². The van der Waals surface area contributed by atoms with Crippen molar-refractivity contribution in [1.29, 1.82) is 0 Å². The first kappa shape index (κ1) is 19.0. The van der Waals surface area contributed by atoms with Crippen LogP contribution in [0.1, 0.15) is 29.8 Å². The molecule has 3 rings (SSSR count). The molecule has 1 aliphatic rings. The highest BCUT2D eigenvalue weighted by Gasteiger charge is 2.33. The monoisotopic (exact) mass is 377 g/mol. The van der Waals surface area contributed by atoms with Gasteiger partial charge in [0.2, 0.25) is 5.91 Å². The van der Waals surface area contributed by atoms with Crippen LogP contribution in [0, 0.1) is 0 Å². The van der Waals surface area contributed by atoms with Gasteiger partial charge in [0, 0.05) is 18.2 Å². The van der Waals surface area contributed by atoms with Crippen molar-refractivity contribution >= 4 is 35.2 Å². The van der Waals surface area contributed by atoms with Gasteiger partial charge in [-0.2, -0.15) is 10.1 Å². The summed E-state index contributed by atoms with van der Waals surface area (Å²) < 4.78 is 5.19. The van der Waals surface area contributed by atoms with Crippen LogP contribution in [0.3, 0.4) is 0 Å². The molecule has 0 saturated heterocycles. The number of imide groups is 1. The first-order valence-corrected chi connectivity index (χ1v) is 8.57. The second-order valence-corrected chi connectivity index (χ2v) is 6.20. The van der Waals surface area contributed by atoms with Crippen LogP contribution in [0.4, 0.5) is 5.69 Å². The number of nitrogens with zero attached hydrogens (tertiary/aromatic N) is 2. The van der Waals surface area contributed by atoms with E-state index >= 15 is 0 Å². The standard InChI is InChI=1S/C21H19N3O4/c1-13-19(12-15-5-4-6-18(11-15)28-3)21(27)24(23-13)20(26)16-7-9-17(10-8-16)22-14(2)25/h4-12H,1-3H3,(H,22,25)/b19-12+. The lowest BCUT2D eigenvalue weighted by Gasteiger charge is -2.10. The minimum absolute atomic E-state index is 0.207. The molecule has 0 unspecified atom stereocenters. The van der Waals surface area contributed by atoms with Gasteiger partial charge < -0.3 is 10.1 Å². The number of anilines is 1. The predicted molar refractivity (Wildman–Crippen MR) is 106 cm³/mol. The van der Waals surface area contributed by atoms with E-state index in [1.54, 1.807) is 44.4 Å². The molecule has 1 N–H and O–H groups in total. The summed E-state index contributed by atoms with van der Waals surface area (Å²) in [6.45, 7) is 3.08. The summed E-state index contributed by atoms with van der Waals surface area (Å²) in [5.74, 6) is -0.563. The summed E-state index contributed by atoms with van der Waals surface area (Å²) in [5.41, 5.74) is 2.43. The second-order valence-electron chi connectivity index (χ2n) is 6.20. The third kappa shape index (κ3) is 3.98. The van der Waals surface area contributed by atoms with Crippen LogP contribution in [0.5, 0.6) is 5.75 Å². The topological polar surface area (TPSA) is 88.1 Å². The lowest BCUT2D eigenvalue weighted by Crippen LogP contribution is -2.29. The Balaban J connectivity index is 1.82. The Hall–Kier alpha value is -3.74. The molecule has 0 atom stereocenters. The largest absolute Gasteiger partial charge is 0.497 e. The van der Waals surface area contributed by atoms with Gasteiger partial charge in [0.15, 0.2) is 0 Å². The zero-order chi connectivity index (χ0) is 20.3. The van der Waals surface area contributed by atoms with E-state index in [2.05, 4.69) is 10.4 Å². The van der Waals surface area contributed by atoms with Crippen LogP contribution in [0.15, 0.2) is 59.2 Å². The maximum absolute atomic E-state index is 12.7. The normalized spacial score (nSPS) is 14.8. The summed E-state index contributed by atoms with van der Waals surface area (Å²) in [6, 6.07) is 13.5. The maximum atomic E-state index is 12.7. The van der Waals surface area contributed by atoms with Crippen molar-refractivity contribution in [3.8, 4) is 5.75 Å². The van der Waals surface area contributed by atoms with Gasteiger partial charge in [-0.05, 0) is 55.0 Å². The molecule has 0 spiro atoms. The molecule has 28 heavy (non-hydrogen) atoms. The second kappa shape index (κ2) is 7.87. The van der Waals surface area contributed by atoms with Crippen LogP contribution in [0.25, 0.3) is 6.08 Å². The SMILES string of the molecule is COc1cccc(/C=C2/C(=O)N(C(=O)c3ccc(NC(C)=O)cc3)N=C2C)c1. The summed E-state index contributed by atoms with van der Waals surface area (Å²) in [6.07, 6.45) is 1.68. The van der Waals surface area contributed by atoms with Crippen molar-refractivity contribution in [1.82, 2.24) is 5.01 Å². The highest BCUT2D eigenvalue weighted by molar-refractivity contribution is 6.30. The van der Waals surface area contributed by atoms with Gasteiger partial charge in [-0.1, -0.05) is 12.1 Å². The van der Waals surface area contributed by atoms with Crippen molar-refractivity contribution in [3.63, 3.8) is 0 Å². The van der Waals surface area contributed by atoms with Crippen molar-refractivity contribution in [2.75, 3.05) is 12.4 Å². The Bertz CT molecular complexity index is 1010. The van der Waals surface area contributed by atoms with Crippen molar-refractivity contribution in [3.05, 3.63) is 65.2 Å². The van der Waals surface area contributed by atoms with Gasteiger partial charge in [-0.25, -0.2) is 0 Å². The number of amides is 3. The van der Waals surface area contributed by atoms with Gasteiger partial charge in [0.05, 0.1) is 18.4 Å². The Morgan fingerprint density at radius 1 is 1.14 bits per heavy atom. The van der Waals surface area contributed by atoms with Gasteiger partial charge >= 0.3 is 0 Å². The smallest absolute Gasteiger partial charge is 0.283 e. The molecule has 0 aliphatic carbocycles. The quantitative estimate of drug-likeness (QED) is 0.655. The van der Waals surface area contributed by atoms with Gasteiger partial charge in [-0.3, -0.25) is 14.4 Å². The molecular weight excluding hydrogens is 358 g/mol. The summed E-state index contributed by atoms with van der Waals surface area (Å²) in [7, 11) is 1.57. The van der Waals surface area contributed by atoms with E-state index in [9.17, 15) is 14.4 Å². The molecule has 0 radical (unpaired) electrons. The number of hydrazone groups is 1. The number of hydrogen-bond donors (Lipinski definition) is 1. The van der Waals surface area contributed by atoms with E-state index in [0.717, 1.165) is 10.6 Å². The Morgan fingerprint density at radius 3 is 2.50 bits per heavy atom. The molecule has 2 aromatic carbocycles. The predicted octanol–water partition coefficient (Wildman–Crippen LogP) is 3.10. The van der Waals surface area contributed by atoms with Crippen LogP contribution >= 0.6 is 0 Å². The van der Waals surface area contributed by atoms with Gasteiger partial charge in [0.1, 0.15) is 5.75 Å². The van der Waals surface area contributed by atoms with Crippen molar-refractivity contribution in [2.24, 2.45) is 5.10 Å². The molecule has 7 heteroatoms. The number of benzene rings is 2. The molecule has 0 bridgehead atoms. The lowest BCUT2D eigenvalue weighted by atomic mass is 10.1. The molecule has 1 heterocycles. The van der Waals surface area contributed by atoms with E-state index in [1.165, 1.54) is 19.1 Å². The highest BCUT2D eigenvalue weighted by Crippen LogP contribution is 2.23. The number of carbonyl (C=O) groups is 3. The van der Waals surface area contributed by atoms with E-state index in [1.807, 2.05) is 12.1 Å². The van der Waals surface area contributed by atoms with Gasteiger partial charge in [-0.15, -0.1) is 0 Å². The fourth-order valence-corrected chi connectivity index (χ4v) is 2.74. The van der Waals surface area contributed by atoms with Gasteiger partial charge in [0.25, 0.3) is 11.8 Å². The third-order valence-electron chi connectivity index (χ3n) is 4.11. The molecule has 1 aliphatic heterocycles. The molecular formula is C21H19N3O4. The van der Waals surface area contributed by atoms with Crippen LogP contribution in [0.2, 0.25) is 0 Å². The molecule has 0 saturated carbocycles. The molecule has 7 nitrogen and oxygen atoms in total. The summed E-state index contributed by atoms with van der Waals surface area (Å²) in [5, 5.41) is 7.60. The average Bonchev–Trinajstić information content (AvgIpc) is 2.96.